The Morgan fingerprint density at radius 1 is 1.07 bits per heavy atom. The van der Waals surface area contributed by atoms with E-state index in [1.807, 2.05) is 4.90 Å². The molecule has 1 aliphatic carbocycles. The van der Waals surface area contributed by atoms with Crippen molar-refractivity contribution in [3.8, 4) is 0 Å². The molecule has 0 spiro atoms. The third kappa shape index (κ3) is 3.18. The zero-order chi connectivity index (χ0) is 18.2. The summed E-state index contributed by atoms with van der Waals surface area (Å²) in [6.45, 7) is 4.50. The fourth-order valence-corrected chi connectivity index (χ4v) is 5.02. The van der Waals surface area contributed by atoms with Gasteiger partial charge in [0.15, 0.2) is 0 Å². The zero-order valence-corrected chi connectivity index (χ0v) is 15.7. The summed E-state index contributed by atoms with van der Waals surface area (Å²) >= 11 is 0. The van der Waals surface area contributed by atoms with Crippen molar-refractivity contribution in [2.75, 3.05) is 19.6 Å². The Morgan fingerprint density at radius 2 is 1.96 bits per heavy atom. The van der Waals surface area contributed by atoms with Gasteiger partial charge in [0.2, 0.25) is 0 Å². The summed E-state index contributed by atoms with van der Waals surface area (Å²) in [6.07, 6.45) is 10.5. The van der Waals surface area contributed by atoms with E-state index in [1.54, 1.807) is 12.3 Å². The van der Waals surface area contributed by atoms with E-state index in [9.17, 15) is 4.79 Å². The van der Waals surface area contributed by atoms with Gasteiger partial charge in [0.25, 0.3) is 5.91 Å². The molecule has 2 fully saturated rings. The quantitative estimate of drug-likeness (QED) is 0.832. The average Bonchev–Trinajstić information content (AvgIpc) is 3.48. The molecule has 27 heavy (non-hydrogen) atoms. The number of likely N-dealkylation sites (tertiary alicyclic amines) is 1. The molecule has 0 N–H and O–H groups in total. The topological polar surface area (TPSA) is 67.4 Å². The highest BCUT2D eigenvalue weighted by Crippen LogP contribution is 2.30. The zero-order valence-electron chi connectivity index (χ0n) is 15.7. The van der Waals surface area contributed by atoms with Crippen molar-refractivity contribution >= 4 is 5.91 Å². The van der Waals surface area contributed by atoms with E-state index >= 15 is 0 Å². The predicted octanol–water partition coefficient (Wildman–Crippen LogP) is 2.65. The molecule has 1 amide bonds. The SMILES string of the molecule is O=C(c1ccoc1)N1CCC[C@H](c2nnc3n2CCN(C2CCCC2)C3)C1. The number of aromatic nitrogens is 3. The first-order valence-corrected chi connectivity index (χ1v) is 10.3. The van der Waals surface area contributed by atoms with Crippen molar-refractivity contribution in [1.29, 1.82) is 0 Å². The van der Waals surface area contributed by atoms with Crippen molar-refractivity contribution in [1.82, 2.24) is 24.6 Å². The number of piperidine rings is 1. The maximum Gasteiger partial charge on any atom is 0.257 e. The molecule has 7 heteroatoms. The Kier molecular flexibility index (Phi) is 4.47. The maximum atomic E-state index is 12.7. The Hall–Kier alpha value is -2.15. The number of amides is 1. The minimum absolute atomic E-state index is 0.0549. The molecule has 5 rings (SSSR count). The molecule has 1 saturated heterocycles. The Balaban J connectivity index is 1.30. The van der Waals surface area contributed by atoms with Crippen LogP contribution in [-0.4, -0.2) is 56.1 Å². The van der Waals surface area contributed by atoms with Crippen LogP contribution >= 0.6 is 0 Å². The van der Waals surface area contributed by atoms with Crippen LogP contribution in [0.1, 0.15) is 66.4 Å². The number of rotatable bonds is 3. The van der Waals surface area contributed by atoms with Gasteiger partial charge in [0.05, 0.1) is 18.4 Å². The number of carbonyl (C=O) groups excluding carboxylic acids is 1. The lowest BCUT2D eigenvalue weighted by atomic mass is 9.96. The van der Waals surface area contributed by atoms with E-state index in [1.165, 1.54) is 31.9 Å². The first kappa shape index (κ1) is 17.0. The van der Waals surface area contributed by atoms with Crippen molar-refractivity contribution in [2.45, 2.75) is 63.6 Å². The lowest BCUT2D eigenvalue weighted by molar-refractivity contribution is 0.0701. The van der Waals surface area contributed by atoms with Crippen LogP contribution in [0, 0.1) is 0 Å². The second-order valence-electron chi connectivity index (χ2n) is 8.14. The molecule has 0 unspecified atom stereocenters. The number of hydrogen-bond acceptors (Lipinski definition) is 5. The summed E-state index contributed by atoms with van der Waals surface area (Å²) in [7, 11) is 0. The summed E-state index contributed by atoms with van der Waals surface area (Å²) < 4.78 is 7.39. The highest BCUT2D eigenvalue weighted by Gasteiger charge is 2.33. The molecule has 0 bridgehead atoms. The lowest BCUT2D eigenvalue weighted by Crippen LogP contribution is -2.42. The van der Waals surface area contributed by atoms with Gasteiger partial charge in [-0.05, 0) is 31.7 Å². The van der Waals surface area contributed by atoms with Crippen molar-refractivity contribution in [3.05, 3.63) is 35.8 Å². The van der Waals surface area contributed by atoms with Crippen LogP contribution < -0.4 is 0 Å². The van der Waals surface area contributed by atoms with Crippen molar-refractivity contribution in [2.24, 2.45) is 0 Å². The Morgan fingerprint density at radius 3 is 2.78 bits per heavy atom. The van der Waals surface area contributed by atoms with Gasteiger partial charge in [-0.1, -0.05) is 12.8 Å². The molecule has 3 aliphatic rings. The van der Waals surface area contributed by atoms with Crippen LogP contribution in [0.4, 0.5) is 0 Å². The van der Waals surface area contributed by atoms with E-state index in [4.69, 9.17) is 4.42 Å². The lowest BCUT2D eigenvalue weighted by Gasteiger charge is -2.35. The Labute approximate surface area is 159 Å². The van der Waals surface area contributed by atoms with E-state index < -0.39 is 0 Å². The van der Waals surface area contributed by atoms with Gasteiger partial charge >= 0.3 is 0 Å². The molecule has 0 aromatic carbocycles. The van der Waals surface area contributed by atoms with Crippen LogP contribution in [-0.2, 0) is 13.1 Å². The van der Waals surface area contributed by atoms with Gasteiger partial charge in [-0.15, -0.1) is 10.2 Å². The highest BCUT2D eigenvalue weighted by molar-refractivity contribution is 5.93. The van der Waals surface area contributed by atoms with E-state index in [0.717, 1.165) is 56.7 Å². The number of hydrogen-bond donors (Lipinski definition) is 0. The van der Waals surface area contributed by atoms with Crippen LogP contribution in [0.5, 0.6) is 0 Å². The van der Waals surface area contributed by atoms with Crippen molar-refractivity contribution < 1.29 is 9.21 Å². The van der Waals surface area contributed by atoms with Crippen LogP contribution in [0.3, 0.4) is 0 Å². The normalized spacial score (nSPS) is 24.3. The molecular formula is C20H27N5O2. The number of carbonyl (C=O) groups is 1. The molecule has 2 aliphatic heterocycles. The maximum absolute atomic E-state index is 12.7. The van der Waals surface area contributed by atoms with Crippen LogP contribution in [0.15, 0.2) is 23.0 Å². The fourth-order valence-electron chi connectivity index (χ4n) is 5.02. The largest absolute Gasteiger partial charge is 0.472 e. The predicted molar refractivity (Wildman–Crippen MR) is 99.3 cm³/mol. The minimum atomic E-state index is 0.0549. The molecule has 144 valence electrons. The molecular weight excluding hydrogens is 342 g/mol. The standard InChI is InChI=1S/C20H27N5O2/c26-20(16-7-11-27-14-16)24-8-3-4-15(12-24)19-22-21-18-13-23(9-10-25(18)19)17-5-1-2-6-17/h7,11,14-15,17H,1-6,8-10,12-13H2/t15-/m0/s1. The van der Waals surface area contributed by atoms with Gasteiger partial charge in [-0.3, -0.25) is 9.69 Å². The molecule has 7 nitrogen and oxygen atoms in total. The third-order valence-electron chi connectivity index (χ3n) is 6.49. The molecule has 2 aromatic rings. The summed E-state index contributed by atoms with van der Waals surface area (Å²) in [5, 5.41) is 9.10. The minimum Gasteiger partial charge on any atom is -0.472 e. The fraction of sp³-hybridized carbons (Fsp3) is 0.650. The van der Waals surface area contributed by atoms with Gasteiger partial charge in [0, 0.05) is 38.1 Å². The molecule has 1 saturated carbocycles. The number of fused-ring (bicyclic) bond motifs is 1. The van der Waals surface area contributed by atoms with E-state index in [0.29, 0.717) is 12.1 Å². The molecule has 0 radical (unpaired) electrons. The van der Waals surface area contributed by atoms with E-state index in [-0.39, 0.29) is 11.8 Å². The summed E-state index contributed by atoms with van der Waals surface area (Å²) in [5.74, 6) is 2.50. The van der Waals surface area contributed by atoms with Gasteiger partial charge in [-0.2, -0.15) is 0 Å². The molecule has 1 atom stereocenters. The molecule has 2 aromatic heterocycles. The summed E-state index contributed by atoms with van der Waals surface area (Å²) in [6, 6.07) is 2.47. The third-order valence-corrected chi connectivity index (χ3v) is 6.49. The highest BCUT2D eigenvalue weighted by atomic mass is 16.3. The molecule has 4 heterocycles. The summed E-state index contributed by atoms with van der Waals surface area (Å²) in [5.41, 5.74) is 0.631. The first-order valence-electron chi connectivity index (χ1n) is 10.3. The summed E-state index contributed by atoms with van der Waals surface area (Å²) in [4.78, 5) is 17.2. The average molecular weight is 369 g/mol. The van der Waals surface area contributed by atoms with Crippen LogP contribution in [0.25, 0.3) is 0 Å². The first-order chi connectivity index (χ1) is 13.3. The monoisotopic (exact) mass is 369 g/mol. The smallest absolute Gasteiger partial charge is 0.257 e. The van der Waals surface area contributed by atoms with Gasteiger partial charge in [0.1, 0.15) is 17.9 Å². The Bertz CT molecular complexity index is 793. The van der Waals surface area contributed by atoms with E-state index in [2.05, 4.69) is 19.7 Å². The number of furan rings is 1. The number of nitrogens with zero attached hydrogens (tertiary/aromatic N) is 5. The van der Waals surface area contributed by atoms with Gasteiger partial charge < -0.3 is 13.9 Å². The van der Waals surface area contributed by atoms with Gasteiger partial charge in [-0.25, -0.2) is 0 Å². The van der Waals surface area contributed by atoms with Crippen LogP contribution in [0.2, 0.25) is 0 Å². The second-order valence-corrected chi connectivity index (χ2v) is 8.14. The van der Waals surface area contributed by atoms with Crippen molar-refractivity contribution in [3.63, 3.8) is 0 Å². The second kappa shape index (κ2) is 7.11.